The summed E-state index contributed by atoms with van der Waals surface area (Å²) in [6.45, 7) is 1.91. The first-order chi connectivity index (χ1) is 6.83. The maximum absolute atomic E-state index is 5.95. The van der Waals surface area contributed by atoms with E-state index in [0.717, 1.165) is 9.13 Å². The maximum Gasteiger partial charge on any atom is 0.219 e. The van der Waals surface area contributed by atoms with Gasteiger partial charge in [-0.2, -0.15) is 0 Å². The Hall–Kier alpha value is -0.930. The van der Waals surface area contributed by atoms with Crippen LogP contribution in [-0.4, -0.2) is 5.91 Å². The van der Waals surface area contributed by atoms with Crippen molar-refractivity contribution in [3.8, 4) is 0 Å². The number of nitrogen functional groups attached to an aromatic ring is 2. The van der Waals surface area contributed by atoms with Crippen molar-refractivity contribution in [2.75, 3.05) is 22.1 Å². The van der Waals surface area contributed by atoms with Crippen LogP contribution in [-0.2, 0) is 0 Å². The fourth-order valence-corrected chi connectivity index (χ4v) is 2.15. The molecule has 0 bridgehead atoms. The van der Waals surface area contributed by atoms with Crippen LogP contribution in [0.4, 0.5) is 22.7 Å². The summed E-state index contributed by atoms with van der Waals surface area (Å²) in [5.74, 6) is -1.19. The molecule has 0 spiro atoms. The smallest absolute Gasteiger partial charge is 0.219 e. The van der Waals surface area contributed by atoms with Gasteiger partial charge in [-0.25, -0.2) is 0 Å². The molecular formula is C8H13IN6. The minimum atomic E-state index is -1.19. The average Bonchev–Trinajstić information content (AvgIpc) is 2.48. The SMILES string of the molecule is Cc1c(N)c2c(c(N)c1I)NC(N)(N)N2. The first kappa shape index (κ1) is 10.6. The number of rotatable bonds is 0. The second kappa shape index (κ2) is 3.03. The van der Waals surface area contributed by atoms with Crippen LogP contribution in [0, 0.1) is 10.5 Å². The van der Waals surface area contributed by atoms with Gasteiger partial charge in [-0.3, -0.25) is 11.5 Å². The molecule has 0 amide bonds. The Kier molecular flexibility index (Phi) is 2.14. The van der Waals surface area contributed by atoms with Crippen LogP contribution in [0.1, 0.15) is 5.56 Å². The standard InChI is InChI=1S/C8H13IN6/c1-2-3(9)5(11)7-6(4(2)10)14-8(12,13)15-7/h14-15H,10-13H2,1H3. The van der Waals surface area contributed by atoms with Crippen LogP contribution in [0.25, 0.3) is 0 Å². The number of hydrogen-bond acceptors (Lipinski definition) is 6. The lowest BCUT2D eigenvalue weighted by molar-refractivity contribution is 0.601. The third-order valence-electron chi connectivity index (χ3n) is 2.42. The number of hydrogen-bond donors (Lipinski definition) is 6. The molecule has 0 radical (unpaired) electrons. The third-order valence-corrected chi connectivity index (χ3v) is 3.81. The lowest BCUT2D eigenvalue weighted by atomic mass is 10.1. The van der Waals surface area contributed by atoms with Crippen LogP contribution in [0.3, 0.4) is 0 Å². The molecular weight excluding hydrogens is 307 g/mol. The molecule has 15 heavy (non-hydrogen) atoms. The van der Waals surface area contributed by atoms with E-state index < -0.39 is 5.91 Å². The summed E-state index contributed by atoms with van der Waals surface area (Å²) in [6, 6.07) is 0. The number of nitrogens with two attached hydrogens (primary N) is 4. The van der Waals surface area contributed by atoms with Crippen molar-refractivity contribution in [1.82, 2.24) is 0 Å². The Labute approximate surface area is 101 Å². The van der Waals surface area contributed by atoms with E-state index in [4.69, 9.17) is 22.9 Å². The number of nitrogens with one attached hydrogen (secondary N) is 2. The van der Waals surface area contributed by atoms with E-state index in [2.05, 4.69) is 33.2 Å². The van der Waals surface area contributed by atoms with Gasteiger partial charge in [-0.05, 0) is 35.1 Å². The molecule has 1 aliphatic rings. The van der Waals surface area contributed by atoms with Gasteiger partial charge in [-0.1, -0.05) is 0 Å². The van der Waals surface area contributed by atoms with Crippen LogP contribution >= 0.6 is 22.6 Å². The van der Waals surface area contributed by atoms with Crippen LogP contribution in [0.5, 0.6) is 0 Å². The van der Waals surface area contributed by atoms with Gasteiger partial charge in [0, 0.05) is 3.57 Å². The first-order valence-electron chi connectivity index (χ1n) is 4.34. The molecule has 1 aromatic rings. The van der Waals surface area contributed by atoms with E-state index in [0.29, 0.717) is 22.7 Å². The van der Waals surface area contributed by atoms with Gasteiger partial charge in [0.25, 0.3) is 0 Å². The predicted molar refractivity (Wildman–Crippen MR) is 71.1 cm³/mol. The van der Waals surface area contributed by atoms with E-state index in [1.807, 2.05) is 6.92 Å². The second-order valence-electron chi connectivity index (χ2n) is 3.64. The van der Waals surface area contributed by atoms with Crippen molar-refractivity contribution in [2.24, 2.45) is 11.5 Å². The third kappa shape index (κ3) is 1.46. The topological polar surface area (TPSA) is 128 Å². The quantitative estimate of drug-likeness (QED) is 0.229. The first-order valence-corrected chi connectivity index (χ1v) is 5.42. The van der Waals surface area contributed by atoms with E-state index >= 15 is 0 Å². The zero-order chi connectivity index (χ0) is 11.4. The normalized spacial score (nSPS) is 16.8. The molecule has 2 rings (SSSR count). The highest BCUT2D eigenvalue weighted by molar-refractivity contribution is 14.1. The summed E-state index contributed by atoms with van der Waals surface area (Å²) < 4.78 is 0.913. The monoisotopic (exact) mass is 320 g/mol. The van der Waals surface area contributed by atoms with E-state index in [-0.39, 0.29) is 0 Å². The molecule has 0 aromatic heterocycles. The van der Waals surface area contributed by atoms with Crippen molar-refractivity contribution in [3.63, 3.8) is 0 Å². The van der Waals surface area contributed by atoms with E-state index in [1.54, 1.807) is 0 Å². The molecule has 1 aromatic carbocycles. The molecule has 82 valence electrons. The number of anilines is 4. The van der Waals surface area contributed by atoms with E-state index in [9.17, 15) is 0 Å². The largest absolute Gasteiger partial charge is 0.397 e. The molecule has 0 saturated heterocycles. The molecule has 1 heterocycles. The molecule has 0 aliphatic carbocycles. The van der Waals surface area contributed by atoms with Gasteiger partial charge in [-0.15, -0.1) is 0 Å². The summed E-state index contributed by atoms with van der Waals surface area (Å²) in [7, 11) is 0. The fraction of sp³-hybridized carbons (Fsp3) is 0.250. The van der Waals surface area contributed by atoms with Gasteiger partial charge >= 0.3 is 0 Å². The number of fused-ring (bicyclic) bond motifs is 1. The summed E-state index contributed by atoms with van der Waals surface area (Å²) in [4.78, 5) is 0. The average molecular weight is 320 g/mol. The van der Waals surface area contributed by atoms with Gasteiger partial charge in [0.15, 0.2) is 0 Å². The maximum atomic E-state index is 5.95. The van der Waals surface area contributed by atoms with E-state index in [1.165, 1.54) is 0 Å². The fourth-order valence-electron chi connectivity index (χ4n) is 1.59. The van der Waals surface area contributed by atoms with Crippen LogP contribution < -0.4 is 33.6 Å². The minimum Gasteiger partial charge on any atom is -0.397 e. The number of benzene rings is 1. The number of halogens is 1. The lowest BCUT2D eigenvalue weighted by Gasteiger charge is -2.19. The highest BCUT2D eigenvalue weighted by Gasteiger charge is 2.32. The van der Waals surface area contributed by atoms with Crippen molar-refractivity contribution < 1.29 is 0 Å². The Morgan fingerprint density at radius 1 is 1.07 bits per heavy atom. The summed E-state index contributed by atoms with van der Waals surface area (Å²) in [6.07, 6.45) is 0. The predicted octanol–water partition coefficient (Wildman–Crippen LogP) is 0.130. The minimum absolute atomic E-state index is 0.613. The highest BCUT2D eigenvalue weighted by Crippen LogP contribution is 2.44. The van der Waals surface area contributed by atoms with Crippen molar-refractivity contribution in [2.45, 2.75) is 12.8 Å². The van der Waals surface area contributed by atoms with Gasteiger partial charge in [0.1, 0.15) is 0 Å². The Morgan fingerprint density at radius 3 is 2.07 bits per heavy atom. The summed E-state index contributed by atoms with van der Waals surface area (Å²) >= 11 is 2.15. The Bertz CT molecular complexity index is 402. The Balaban J connectivity index is 2.69. The molecule has 0 unspecified atom stereocenters. The molecule has 1 aliphatic heterocycles. The summed E-state index contributed by atoms with van der Waals surface area (Å²) in [5.41, 5.74) is 26.8. The molecule has 0 atom stereocenters. The van der Waals surface area contributed by atoms with Gasteiger partial charge < -0.3 is 22.1 Å². The van der Waals surface area contributed by atoms with Gasteiger partial charge in [0.05, 0.1) is 22.7 Å². The Morgan fingerprint density at radius 2 is 1.53 bits per heavy atom. The molecule has 10 N–H and O–H groups in total. The highest BCUT2D eigenvalue weighted by atomic mass is 127. The zero-order valence-corrected chi connectivity index (χ0v) is 10.3. The molecule has 0 fully saturated rings. The van der Waals surface area contributed by atoms with Crippen LogP contribution in [0.15, 0.2) is 0 Å². The van der Waals surface area contributed by atoms with Crippen molar-refractivity contribution in [3.05, 3.63) is 9.13 Å². The van der Waals surface area contributed by atoms with Gasteiger partial charge in [0.2, 0.25) is 5.91 Å². The molecule has 0 saturated carbocycles. The second-order valence-corrected chi connectivity index (χ2v) is 4.71. The lowest BCUT2D eigenvalue weighted by Crippen LogP contribution is -2.59. The molecule has 6 nitrogen and oxygen atoms in total. The van der Waals surface area contributed by atoms with Crippen molar-refractivity contribution >= 4 is 45.3 Å². The summed E-state index contributed by atoms with van der Waals surface area (Å²) in [5, 5.41) is 5.77. The zero-order valence-electron chi connectivity index (χ0n) is 8.19. The van der Waals surface area contributed by atoms with Crippen LogP contribution in [0.2, 0.25) is 0 Å². The van der Waals surface area contributed by atoms with Crippen molar-refractivity contribution in [1.29, 1.82) is 0 Å². The molecule has 7 heteroatoms.